The minimum absolute atomic E-state index is 0.101. The Kier molecular flexibility index (Phi) is 3.25. The lowest BCUT2D eigenvalue weighted by atomic mass is 10.1. The molecule has 3 nitrogen and oxygen atoms in total. The minimum Gasteiger partial charge on any atom is -0.381 e. The van der Waals surface area contributed by atoms with Crippen molar-refractivity contribution in [2.75, 3.05) is 5.32 Å². The molecule has 1 aromatic rings. The number of rotatable bonds is 3. The van der Waals surface area contributed by atoms with E-state index in [0.29, 0.717) is 6.04 Å². The Morgan fingerprint density at radius 2 is 2.00 bits per heavy atom. The monoisotopic (exact) mass is 218 g/mol. The molecule has 0 bridgehead atoms. The van der Waals surface area contributed by atoms with Crippen LogP contribution in [0.5, 0.6) is 0 Å². The fraction of sp³-hybridized carbons (Fsp3) is 0.462. The van der Waals surface area contributed by atoms with E-state index in [2.05, 4.69) is 5.32 Å². The number of hydrogen-bond acceptors (Lipinski definition) is 3. The number of nitrogens with one attached hydrogen (secondary N) is 1. The van der Waals surface area contributed by atoms with Crippen molar-refractivity contribution < 1.29 is 4.79 Å². The van der Waals surface area contributed by atoms with Crippen LogP contribution in [0.1, 0.15) is 36.5 Å². The van der Waals surface area contributed by atoms with Crippen LogP contribution in [0.4, 0.5) is 5.69 Å². The van der Waals surface area contributed by atoms with Crippen molar-refractivity contribution in [1.29, 1.82) is 0 Å². The number of anilines is 1. The van der Waals surface area contributed by atoms with Gasteiger partial charge in [0, 0.05) is 23.3 Å². The van der Waals surface area contributed by atoms with E-state index < -0.39 is 0 Å². The molecule has 0 radical (unpaired) electrons. The summed E-state index contributed by atoms with van der Waals surface area (Å²) in [5.41, 5.74) is 7.79. The third kappa shape index (κ3) is 2.42. The average molecular weight is 218 g/mol. The van der Waals surface area contributed by atoms with E-state index in [1.165, 1.54) is 6.42 Å². The molecule has 0 aliphatic heterocycles. The topological polar surface area (TPSA) is 55.1 Å². The summed E-state index contributed by atoms with van der Waals surface area (Å²) in [6.45, 7) is 1.58. The van der Waals surface area contributed by atoms with Gasteiger partial charge in [-0.15, -0.1) is 0 Å². The molecule has 2 unspecified atom stereocenters. The van der Waals surface area contributed by atoms with Gasteiger partial charge in [-0.2, -0.15) is 0 Å². The van der Waals surface area contributed by atoms with Gasteiger partial charge < -0.3 is 11.1 Å². The van der Waals surface area contributed by atoms with Gasteiger partial charge in [0.05, 0.1) is 0 Å². The number of Topliss-reactive ketones (excluding diaryl/α,β-unsaturated/α-hetero) is 1. The SMILES string of the molecule is CC(=O)c1ccc(NC2CCCC2N)cc1. The Bertz CT molecular complexity index is 372. The van der Waals surface area contributed by atoms with Gasteiger partial charge in [0.1, 0.15) is 0 Å². The minimum atomic E-state index is 0.101. The zero-order valence-electron chi connectivity index (χ0n) is 9.57. The summed E-state index contributed by atoms with van der Waals surface area (Å²) in [4.78, 5) is 11.1. The highest BCUT2D eigenvalue weighted by atomic mass is 16.1. The van der Waals surface area contributed by atoms with Crippen LogP contribution in [0.2, 0.25) is 0 Å². The zero-order valence-corrected chi connectivity index (χ0v) is 9.57. The maximum atomic E-state index is 11.1. The van der Waals surface area contributed by atoms with Gasteiger partial charge in [-0.25, -0.2) is 0 Å². The third-order valence-corrected chi connectivity index (χ3v) is 3.21. The van der Waals surface area contributed by atoms with Gasteiger partial charge in [0.15, 0.2) is 5.78 Å². The first-order valence-corrected chi connectivity index (χ1v) is 5.80. The normalized spacial score (nSPS) is 24.4. The van der Waals surface area contributed by atoms with E-state index in [1.807, 2.05) is 24.3 Å². The van der Waals surface area contributed by atoms with Gasteiger partial charge in [0.25, 0.3) is 0 Å². The Labute approximate surface area is 96.0 Å². The second kappa shape index (κ2) is 4.66. The fourth-order valence-electron chi connectivity index (χ4n) is 2.18. The molecular weight excluding hydrogens is 200 g/mol. The second-order valence-corrected chi connectivity index (χ2v) is 4.48. The maximum Gasteiger partial charge on any atom is 0.159 e. The predicted molar refractivity (Wildman–Crippen MR) is 65.7 cm³/mol. The molecule has 1 saturated carbocycles. The summed E-state index contributed by atoms with van der Waals surface area (Å²) in [5, 5.41) is 3.42. The number of nitrogens with two attached hydrogens (primary N) is 1. The van der Waals surface area contributed by atoms with E-state index in [4.69, 9.17) is 5.73 Å². The van der Waals surface area contributed by atoms with Gasteiger partial charge in [-0.05, 0) is 50.5 Å². The predicted octanol–water partition coefficient (Wildman–Crippen LogP) is 2.18. The van der Waals surface area contributed by atoms with Crippen LogP contribution in [0.15, 0.2) is 24.3 Å². The molecule has 1 aliphatic carbocycles. The van der Waals surface area contributed by atoms with Crippen LogP contribution >= 0.6 is 0 Å². The van der Waals surface area contributed by atoms with Gasteiger partial charge in [0.2, 0.25) is 0 Å². The smallest absolute Gasteiger partial charge is 0.159 e. The molecule has 3 heteroatoms. The molecule has 0 spiro atoms. The molecule has 2 rings (SSSR count). The van der Waals surface area contributed by atoms with Crippen LogP contribution in [0, 0.1) is 0 Å². The highest BCUT2D eigenvalue weighted by molar-refractivity contribution is 5.94. The summed E-state index contributed by atoms with van der Waals surface area (Å²) in [7, 11) is 0. The van der Waals surface area contributed by atoms with Crippen LogP contribution in [0.25, 0.3) is 0 Å². The number of hydrogen-bond donors (Lipinski definition) is 2. The van der Waals surface area contributed by atoms with Crippen molar-refractivity contribution in [3.8, 4) is 0 Å². The zero-order chi connectivity index (χ0) is 11.5. The molecule has 0 heterocycles. The summed E-state index contributed by atoms with van der Waals surface area (Å²) in [6.07, 6.45) is 3.43. The van der Waals surface area contributed by atoms with Gasteiger partial charge >= 0.3 is 0 Å². The van der Waals surface area contributed by atoms with Crippen molar-refractivity contribution in [2.24, 2.45) is 5.73 Å². The average Bonchev–Trinajstić information content (AvgIpc) is 2.65. The molecular formula is C13H18N2O. The molecule has 0 amide bonds. The molecule has 1 aliphatic rings. The Morgan fingerprint density at radius 1 is 1.31 bits per heavy atom. The van der Waals surface area contributed by atoms with Gasteiger partial charge in [-0.1, -0.05) is 0 Å². The summed E-state index contributed by atoms with van der Waals surface area (Å²) < 4.78 is 0. The van der Waals surface area contributed by atoms with E-state index >= 15 is 0 Å². The summed E-state index contributed by atoms with van der Waals surface area (Å²) in [5.74, 6) is 0.101. The second-order valence-electron chi connectivity index (χ2n) is 4.48. The van der Waals surface area contributed by atoms with Crippen LogP contribution in [0.3, 0.4) is 0 Å². The Balaban J connectivity index is 2.02. The molecule has 1 fully saturated rings. The van der Waals surface area contributed by atoms with E-state index in [0.717, 1.165) is 24.1 Å². The number of carbonyl (C=O) groups is 1. The fourth-order valence-corrected chi connectivity index (χ4v) is 2.18. The number of benzene rings is 1. The van der Waals surface area contributed by atoms with Crippen LogP contribution in [-0.2, 0) is 0 Å². The molecule has 1 aromatic carbocycles. The van der Waals surface area contributed by atoms with Crippen molar-refractivity contribution in [1.82, 2.24) is 0 Å². The van der Waals surface area contributed by atoms with Crippen molar-refractivity contribution in [3.05, 3.63) is 29.8 Å². The first-order valence-electron chi connectivity index (χ1n) is 5.80. The van der Waals surface area contributed by atoms with Crippen molar-refractivity contribution in [2.45, 2.75) is 38.3 Å². The lowest BCUT2D eigenvalue weighted by Crippen LogP contribution is -2.35. The molecule has 3 N–H and O–H groups in total. The Morgan fingerprint density at radius 3 is 2.50 bits per heavy atom. The first-order chi connectivity index (χ1) is 7.66. The van der Waals surface area contributed by atoms with Crippen LogP contribution in [-0.4, -0.2) is 17.9 Å². The molecule has 86 valence electrons. The lowest BCUT2D eigenvalue weighted by molar-refractivity contribution is 0.101. The van der Waals surface area contributed by atoms with E-state index in [9.17, 15) is 4.79 Å². The highest BCUT2D eigenvalue weighted by Crippen LogP contribution is 2.21. The molecule has 0 aromatic heterocycles. The van der Waals surface area contributed by atoms with Crippen molar-refractivity contribution in [3.63, 3.8) is 0 Å². The molecule has 2 atom stereocenters. The summed E-state index contributed by atoms with van der Waals surface area (Å²) >= 11 is 0. The standard InChI is InChI=1S/C13H18N2O/c1-9(16)10-5-7-11(8-6-10)15-13-4-2-3-12(13)14/h5-8,12-13,15H,2-4,14H2,1H3. The van der Waals surface area contributed by atoms with Crippen LogP contribution < -0.4 is 11.1 Å². The number of ketones is 1. The summed E-state index contributed by atoms with van der Waals surface area (Å²) in [6, 6.07) is 8.23. The molecule has 16 heavy (non-hydrogen) atoms. The first kappa shape index (κ1) is 11.1. The number of carbonyl (C=O) groups excluding carboxylic acids is 1. The Hall–Kier alpha value is -1.35. The van der Waals surface area contributed by atoms with E-state index in [-0.39, 0.29) is 11.8 Å². The lowest BCUT2D eigenvalue weighted by Gasteiger charge is -2.18. The quantitative estimate of drug-likeness (QED) is 0.764. The molecule has 0 saturated heterocycles. The van der Waals surface area contributed by atoms with Crippen molar-refractivity contribution >= 4 is 11.5 Å². The third-order valence-electron chi connectivity index (χ3n) is 3.21. The van der Waals surface area contributed by atoms with Gasteiger partial charge in [-0.3, -0.25) is 4.79 Å². The largest absolute Gasteiger partial charge is 0.381 e. The highest BCUT2D eigenvalue weighted by Gasteiger charge is 2.23. The van der Waals surface area contributed by atoms with E-state index in [1.54, 1.807) is 6.92 Å². The maximum absolute atomic E-state index is 11.1.